The monoisotopic (exact) mass is 214 g/mol. The Labute approximate surface area is 98.3 Å². The zero-order valence-corrected chi connectivity index (χ0v) is 9.73. The Morgan fingerprint density at radius 2 is 1.38 bits per heavy atom. The van der Waals surface area contributed by atoms with Crippen molar-refractivity contribution in [1.29, 1.82) is 0 Å². The molecule has 2 N–H and O–H groups in total. The molecule has 0 heterocycles. The van der Waals surface area contributed by atoms with Crippen molar-refractivity contribution in [2.24, 2.45) is 0 Å². The van der Waals surface area contributed by atoms with Gasteiger partial charge in [-0.15, -0.1) is 5.75 Å². The zero-order chi connectivity index (χ0) is 9.61. The average Bonchev–Trinajstić information content (AvgIpc) is 1.85. The molecule has 0 bridgehead atoms. The second kappa shape index (κ2) is 7.31. The summed E-state index contributed by atoms with van der Waals surface area (Å²) in [4.78, 5) is 0. The summed E-state index contributed by atoms with van der Waals surface area (Å²) in [6.45, 7) is 0. The normalized spacial score (nSPS) is 9.08. The Bertz CT molecular complexity index is 301. The van der Waals surface area contributed by atoms with Crippen LogP contribution in [0.25, 0.3) is 0 Å². The first kappa shape index (κ1) is 15.4. The summed E-state index contributed by atoms with van der Waals surface area (Å²) in [7, 11) is -4.67. The van der Waals surface area contributed by atoms with E-state index in [9.17, 15) is 5.11 Å². The number of benzene rings is 1. The Hall–Kier alpha value is -0.110. The summed E-state index contributed by atoms with van der Waals surface area (Å²) in [5, 5.41) is 10.3. The van der Waals surface area contributed by atoms with Crippen molar-refractivity contribution in [2.45, 2.75) is 0 Å². The van der Waals surface area contributed by atoms with Crippen LogP contribution in [0, 0.1) is 0 Å². The van der Waals surface area contributed by atoms with E-state index < -0.39 is 10.4 Å². The molecule has 0 aliphatic rings. The third-order valence-electron chi connectivity index (χ3n) is 0.743. The first-order valence-electron chi connectivity index (χ1n) is 2.81. The minimum Gasteiger partial charge on any atom is -0.872 e. The second-order valence-corrected chi connectivity index (χ2v) is 2.66. The van der Waals surface area contributed by atoms with E-state index in [1.807, 2.05) is 6.07 Å². The molecular weight excluding hydrogens is 207 g/mol. The summed E-state index contributed by atoms with van der Waals surface area (Å²) in [5.41, 5.74) is 0. The van der Waals surface area contributed by atoms with E-state index in [-0.39, 0.29) is 35.3 Å². The van der Waals surface area contributed by atoms with Gasteiger partial charge in [0, 0.05) is 0 Å². The number of hydrogen-bond donors (Lipinski definition) is 2. The van der Waals surface area contributed by atoms with Crippen LogP contribution in [0.15, 0.2) is 30.3 Å². The Kier molecular flexibility index (Phi) is 8.64. The van der Waals surface area contributed by atoms with Gasteiger partial charge in [0.05, 0.1) is 0 Å². The molecule has 1 rings (SSSR count). The van der Waals surface area contributed by atoms with Gasteiger partial charge in [0.2, 0.25) is 0 Å². The molecule has 0 spiro atoms. The van der Waals surface area contributed by atoms with Crippen molar-refractivity contribution < 1.29 is 52.2 Å². The predicted octanol–water partition coefficient (Wildman–Crippen LogP) is -2.89. The molecule has 0 unspecified atom stereocenters. The fraction of sp³-hybridized carbons (Fsp3) is 0. The van der Waals surface area contributed by atoms with E-state index in [0.717, 1.165) is 0 Å². The van der Waals surface area contributed by atoms with Crippen LogP contribution in [0.4, 0.5) is 0 Å². The fourth-order valence-electron chi connectivity index (χ4n) is 0.420. The van der Waals surface area contributed by atoms with Crippen molar-refractivity contribution in [3.05, 3.63) is 30.3 Å². The molecule has 1 aromatic carbocycles. The maximum atomic E-state index is 10.3. The number of para-hydroxylation sites is 1. The summed E-state index contributed by atoms with van der Waals surface area (Å²) in [5.74, 6) is 0.0718. The minimum absolute atomic E-state index is 0. The third-order valence-corrected chi connectivity index (χ3v) is 0.743. The first-order chi connectivity index (χ1) is 5.39. The van der Waals surface area contributed by atoms with Crippen LogP contribution in [-0.4, -0.2) is 17.5 Å². The molecule has 0 fully saturated rings. The minimum atomic E-state index is -4.67. The van der Waals surface area contributed by atoms with E-state index in [0.29, 0.717) is 0 Å². The predicted molar refractivity (Wildman–Crippen MR) is 40.1 cm³/mol. The van der Waals surface area contributed by atoms with Crippen molar-refractivity contribution >= 4 is 10.4 Å². The molecule has 0 aromatic heterocycles. The molecular formula is C6H7NaO5S. The maximum Gasteiger partial charge on any atom is 1.00 e. The number of hydrogen-bond acceptors (Lipinski definition) is 3. The summed E-state index contributed by atoms with van der Waals surface area (Å²) in [6, 6.07) is 8.33. The van der Waals surface area contributed by atoms with Crippen molar-refractivity contribution in [1.82, 2.24) is 0 Å². The topological polar surface area (TPSA) is 97.7 Å². The van der Waals surface area contributed by atoms with Gasteiger partial charge in [0.1, 0.15) is 0 Å². The standard InChI is InChI=1S/C6H6O.Na.H2O4S/c7-6-4-2-1-3-5-6;;1-5(2,3)4/h1-5,7H;;(H2,1,2,3,4)/q;+1;/p-1. The Morgan fingerprint density at radius 1 is 1.08 bits per heavy atom. The van der Waals surface area contributed by atoms with Gasteiger partial charge in [-0.25, -0.2) is 0 Å². The molecule has 0 radical (unpaired) electrons. The van der Waals surface area contributed by atoms with E-state index in [4.69, 9.17) is 17.5 Å². The fourth-order valence-corrected chi connectivity index (χ4v) is 0.420. The molecule has 5 nitrogen and oxygen atoms in total. The maximum absolute atomic E-state index is 10.3. The molecule has 7 heteroatoms. The SMILES string of the molecule is O=S(=O)(O)O.[Na+].[O-]c1ccccc1. The molecule has 1 aromatic rings. The summed E-state index contributed by atoms with van der Waals surface area (Å²) in [6.07, 6.45) is 0. The Balaban J connectivity index is 0. The van der Waals surface area contributed by atoms with Crippen LogP contribution in [0.1, 0.15) is 0 Å². The molecule has 0 aliphatic carbocycles. The van der Waals surface area contributed by atoms with Crippen molar-refractivity contribution in [2.75, 3.05) is 0 Å². The van der Waals surface area contributed by atoms with Gasteiger partial charge in [0.25, 0.3) is 0 Å². The van der Waals surface area contributed by atoms with Gasteiger partial charge < -0.3 is 5.11 Å². The van der Waals surface area contributed by atoms with E-state index in [1.165, 1.54) is 12.1 Å². The third kappa shape index (κ3) is 18.7. The van der Waals surface area contributed by atoms with Crippen LogP contribution >= 0.6 is 0 Å². The molecule has 0 atom stereocenters. The van der Waals surface area contributed by atoms with Gasteiger partial charge in [-0.3, -0.25) is 9.11 Å². The van der Waals surface area contributed by atoms with Gasteiger partial charge in [0.15, 0.2) is 0 Å². The molecule has 0 saturated heterocycles. The first-order valence-corrected chi connectivity index (χ1v) is 4.21. The summed E-state index contributed by atoms with van der Waals surface area (Å²) >= 11 is 0. The van der Waals surface area contributed by atoms with Gasteiger partial charge in [-0.05, 0) is 0 Å². The zero-order valence-electron chi connectivity index (χ0n) is 6.91. The second-order valence-electron chi connectivity index (χ2n) is 1.76. The van der Waals surface area contributed by atoms with Crippen LogP contribution in [0.5, 0.6) is 5.75 Å². The van der Waals surface area contributed by atoms with Gasteiger partial charge in [-0.1, -0.05) is 30.3 Å². The molecule has 13 heavy (non-hydrogen) atoms. The van der Waals surface area contributed by atoms with E-state index >= 15 is 0 Å². The smallest absolute Gasteiger partial charge is 0.872 e. The van der Waals surface area contributed by atoms with Crippen molar-refractivity contribution in [3.63, 3.8) is 0 Å². The average molecular weight is 214 g/mol. The van der Waals surface area contributed by atoms with Crippen LogP contribution in [0.3, 0.4) is 0 Å². The van der Waals surface area contributed by atoms with Crippen LogP contribution in [-0.2, 0) is 10.4 Å². The van der Waals surface area contributed by atoms with Crippen LogP contribution in [0.2, 0.25) is 0 Å². The Morgan fingerprint density at radius 3 is 1.54 bits per heavy atom. The molecule has 0 aliphatic heterocycles. The van der Waals surface area contributed by atoms with Crippen LogP contribution < -0.4 is 34.7 Å². The molecule has 68 valence electrons. The quantitative estimate of drug-likeness (QED) is 0.357. The molecule has 0 saturated carbocycles. The number of rotatable bonds is 0. The largest absolute Gasteiger partial charge is 1.00 e. The van der Waals surface area contributed by atoms with E-state index in [2.05, 4.69) is 0 Å². The van der Waals surface area contributed by atoms with Crippen molar-refractivity contribution in [3.8, 4) is 5.75 Å². The molecule has 0 amide bonds. The summed E-state index contributed by atoms with van der Waals surface area (Å²) < 4.78 is 31.6. The van der Waals surface area contributed by atoms with E-state index in [1.54, 1.807) is 12.1 Å². The van der Waals surface area contributed by atoms with Gasteiger partial charge in [-0.2, -0.15) is 8.42 Å². The van der Waals surface area contributed by atoms with Gasteiger partial charge >= 0.3 is 40.0 Å².